The molecule has 0 spiro atoms. The molecule has 0 saturated carbocycles. The van der Waals surface area contributed by atoms with E-state index >= 15 is 0 Å². The number of hydrogen-bond acceptors (Lipinski definition) is 3. The molecular weight excluding hydrogens is 230 g/mol. The molecule has 0 aliphatic heterocycles. The Labute approximate surface area is 108 Å². The van der Waals surface area contributed by atoms with Crippen LogP contribution >= 0.6 is 0 Å². The maximum Gasteiger partial charge on any atom is 0.246 e. The van der Waals surface area contributed by atoms with Gasteiger partial charge >= 0.3 is 0 Å². The summed E-state index contributed by atoms with van der Waals surface area (Å²) in [6, 6.07) is 7.82. The van der Waals surface area contributed by atoms with Crippen LogP contribution in [0.25, 0.3) is 0 Å². The van der Waals surface area contributed by atoms with E-state index in [-0.39, 0.29) is 18.6 Å². The van der Waals surface area contributed by atoms with Crippen LogP contribution in [-0.4, -0.2) is 31.8 Å². The van der Waals surface area contributed by atoms with E-state index in [1.807, 2.05) is 45.0 Å². The Hall–Kier alpha value is -1.55. The first-order valence-electron chi connectivity index (χ1n) is 6.15. The molecule has 18 heavy (non-hydrogen) atoms. The average molecular weight is 251 g/mol. The van der Waals surface area contributed by atoms with E-state index in [1.165, 1.54) is 0 Å². The van der Waals surface area contributed by atoms with Crippen LogP contribution < -0.4 is 10.1 Å². The Morgan fingerprint density at radius 1 is 1.39 bits per heavy atom. The SMILES string of the molecule is Cc1cccc(OCCNC(=O)COC(C)C)c1. The zero-order chi connectivity index (χ0) is 13.4. The number of carbonyl (C=O) groups excluding carboxylic acids is 1. The fourth-order valence-corrected chi connectivity index (χ4v) is 1.36. The molecule has 0 saturated heterocycles. The molecule has 1 aromatic carbocycles. The number of nitrogens with one attached hydrogen (secondary N) is 1. The summed E-state index contributed by atoms with van der Waals surface area (Å²) in [6.07, 6.45) is 0.0688. The predicted molar refractivity (Wildman–Crippen MR) is 70.8 cm³/mol. The first-order chi connectivity index (χ1) is 8.58. The Bertz CT molecular complexity index is 377. The van der Waals surface area contributed by atoms with Crippen molar-refractivity contribution in [3.63, 3.8) is 0 Å². The Morgan fingerprint density at radius 2 is 2.17 bits per heavy atom. The lowest BCUT2D eigenvalue weighted by Gasteiger charge is -2.09. The molecule has 4 heteroatoms. The molecule has 4 nitrogen and oxygen atoms in total. The van der Waals surface area contributed by atoms with Gasteiger partial charge in [0.15, 0.2) is 0 Å². The molecule has 0 atom stereocenters. The summed E-state index contributed by atoms with van der Waals surface area (Å²) < 4.78 is 10.7. The van der Waals surface area contributed by atoms with E-state index in [9.17, 15) is 4.79 Å². The topological polar surface area (TPSA) is 47.6 Å². The van der Waals surface area contributed by atoms with Crippen molar-refractivity contribution >= 4 is 5.91 Å². The third-order valence-electron chi connectivity index (χ3n) is 2.23. The van der Waals surface area contributed by atoms with Gasteiger partial charge in [0.25, 0.3) is 0 Å². The van der Waals surface area contributed by atoms with Gasteiger partial charge in [-0.05, 0) is 38.5 Å². The molecule has 0 fully saturated rings. The highest BCUT2D eigenvalue weighted by Gasteiger charge is 2.02. The maximum atomic E-state index is 11.3. The van der Waals surface area contributed by atoms with Crippen LogP contribution in [0.4, 0.5) is 0 Å². The van der Waals surface area contributed by atoms with Gasteiger partial charge in [0.2, 0.25) is 5.91 Å². The zero-order valence-electron chi connectivity index (χ0n) is 11.2. The monoisotopic (exact) mass is 251 g/mol. The first kappa shape index (κ1) is 14.5. The zero-order valence-corrected chi connectivity index (χ0v) is 11.2. The molecule has 1 N–H and O–H groups in total. The van der Waals surface area contributed by atoms with Gasteiger partial charge in [-0.15, -0.1) is 0 Å². The highest BCUT2D eigenvalue weighted by atomic mass is 16.5. The van der Waals surface area contributed by atoms with Crippen LogP contribution in [0.1, 0.15) is 19.4 Å². The largest absolute Gasteiger partial charge is 0.492 e. The second-order valence-corrected chi connectivity index (χ2v) is 4.37. The predicted octanol–water partition coefficient (Wildman–Crippen LogP) is 1.92. The quantitative estimate of drug-likeness (QED) is 0.753. The van der Waals surface area contributed by atoms with Gasteiger partial charge in [-0.2, -0.15) is 0 Å². The van der Waals surface area contributed by atoms with Gasteiger partial charge in [0.05, 0.1) is 12.6 Å². The number of amides is 1. The fourth-order valence-electron chi connectivity index (χ4n) is 1.36. The highest BCUT2D eigenvalue weighted by Crippen LogP contribution is 2.11. The van der Waals surface area contributed by atoms with Gasteiger partial charge < -0.3 is 14.8 Å². The number of rotatable bonds is 7. The van der Waals surface area contributed by atoms with Crippen LogP contribution in [0.3, 0.4) is 0 Å². The lowest BCUT2D eigenvalue weighted by Crippen LogP contribution is -2.32. The molecule has 0 aliphatic rings. The standard InChI is InChI=1S/C14H21NO3/c1-11(2)18-10-14(16)15-7-8-17-13-6-4-5-12(3)9-13/h4-6,9,11H,7-8,10H2,1-3H3,(H,15,16). The second kappa shape index (κ2) is 7.71. The summed E-state index contributed by atoms with van der Waals surface area (Å²) in [5, 5.41) is 2.73. The molecule has 0 radical (unpaired) electrons. The minimum atomic E-state index is -0.114. The van der Waals surface area contributed by atoms with Crippen LogP contribution in [-0.2, 0) is 9.53 Å². The van der Waals surface area contributed by atoms with Crippen molar-refractivity contribution < 1.29 is 14.3 Å². The minimum Gasteiger partial charge on any atom is -0.492 e. The summed E-state index contributed by atoms with van der Waals surface area (Å²) >= 11 is 0. The van der Waals surface area contributed by atoms with Gasteiger partial charge in [0.1, 0.15) is 19.0 Å². The molecule has 1 rings (SSSR count). The third kappa shape index (κ3) is 6.25. The summed E-state index contributed by atoms with van der Waals surface area (Å²) in [4.78, 5) is 11.3. The molecule has 0 unspecified atom stereocenters. The number of hydrogen-bond donors (Lipinski definition) is 1. The molecular formula is C14H21NO3. The van der Waals surface area contributed by atoms with Crippen LogP contribution in [0.5, 0.6) is 5.75 Å². The average Bonchev–Trinajstić information content (AvgIpc) is 2.32. The van der Waals surface area contributed by atoms with Gasteiger partial charge in [-0.1, -0.05) is 12.1 Å². The van der Waals surface area contributed by atoms with Crippen molar-refractivity contribution in [1.82, 2.24) is 5.32 Å². The van der Waals surface area contributed by atoms with E-state index in [2.05, 4.69) is 5.32 Å². The number of carbonyl (C=O) groups is 1. The first-order valence-corrected chi connectivity index (χ1v) is 6.15. The summed E-state index contributed by atoms with van der Waals surface area (Å²) in [5.41, 5.74) is 1.15. The van der Waals surface area contributed by atoms with Crippen molar-refractivity contribution in [2.45, 2.75) is 26.9 Å². The van der Waals surface area contributed by atoms with E-state index in [0.717, 1.165) is 11.3 Å². The summed E-state index contributed by atoms with van der Waals surface area (Å²) in [7, 11) is 0. The highest BCUT2D eigenvalue weighted by molar-refractivity contribution is 5.77. The molecule has 0 bridgehead atoms. The second-order valence-electron chi connectivity index (χ2n) is 4.37. The molecule has 0 aliphatic carbocycles. The van der Waals surface area contributed by atoms with Gasteiger partial charge in [0, 0.05) is 0 Å². The van der Waals surface area contributed by atoms with Gasteiger partial charge in [-0.25, -0.2) is 0 Å². The molecule has 0 heterocycles. The molecule has 100 valence electrons. The van der Waals surface area contributed by atoms with Crippen molar-refractivity contribution in [2.24, 2.45) is 0 Å². The Balaban J connectivity index is 2.13. The van der Waals surface area contributed by atoms with Crippen LogP contribution in [0.2, 0.25) is 0 Å². The minimum absolute atomic E-state index is 0.0688. The van der Waals surface area contributed by atoms with Crippen LogP contribution in [0.15, 0.2) is 24.3 Å². The lowest BCUT2D eigenvalue weighted by atomic mass is 10.2. The fraction of sp³-hybridized carbons (Fsp3) is 0.500. The molecule has 1 amide bonds. The van der Waals surface area contributed by atoms with E-state index in [0.29, 0.717) is 13.2 Å². The maximum absolute atomic E-state index is 11.3. The van der Waals surface area contributed by atoms with Gasteiger partial charge in [-0.3, -0.25) is 4.79 Å². The smallest absolute Gasteiger partial charge is 0.246 e. The molecule has 1 aromatic rings. The van der Waals surface area contributed by atoms with Crippen molar-refractivity contribution in [2.75, 3.05) is 19.8 Å². The number of ether oxygens (including phenoxy) is 2. The third-order valence-corrected chi connectivity index (χ3v) is 2.23. The Kier molecular flexibility index (Phi) is 6.22. The summed E-state index contributed by atoms with van der Waals surface area (Å²) in [5.74, 6) is 0.708. The van der Waals surface area contributed by atoms with E-state index in [1.54, 1.807) is 0 Å². The molecule has 0 aromatic heterocycles. The summed E-state index contributed by atoms with van der Waals surface area (Å²) in [6.45, 7) is 6.84. The lowest BCUT2D eigenvalue weighted by molar-refractivity contribution is -0.127. The van der Waals surface area contributed by atoms with E-state index < -0.39 is 0 Å². The van der Waals surface area contributed by atoms with Crippen molar-refractivity contribution in [3.8, 4) is 5.75 Å². The normalized spacial score (nSPS) is 10.4. The van der Waals surface area contributed by atoms with Crippen molar-refractivity contribution in [3.05, 3.63) is 29.8 Å². The van der Waals surface area contributed by atoms with E-state index in [4.69, 9.17) is 9.47 Å². The number of benzene rings is 1. The number of aryl methyl sites for hydroxylation is 1. The van der Waals surface area contributed by atoms with Crippen LogP contribution in [0, 0.1) is 6.92 Å². The van der Waals surface area contributed by atoms with Crippen molar-refractivity contribution in [1.29, 1.82) is 0 Å². The Morgan fingerprint density at radius 3 is 2.83 bits per heavy atom.